The van der Waals surface area contributed by atoms with Gasteiger partial charge in [0.1, 0.15) is 24.2 Å². The number of piperidine rings is 1. The molecule has 2 N–H and O–H groups in total. The number of benzene rings is 2. The molecule has 0 spiro atoms. The minimum Gasteiger partial charge on any atom is -0.492 e. The van der Waals surface area contributed by atoms with Crippen molar-refractivity contribution in [3.8, 4) is 5.75 Å². The third kappa shape index (κ3) is 5.19. The number of carbonyl (C=O) groups excluding carboxylic acids is 3. The molecule has 10 heteroatoms. The van der Waals surface area contributed by atoms with Gasteiger partial charge in [-0.2, -0.15) is 0 Å². The molecule has 0 aromatic heterocycles. The number of nitrogens with zero attached hydrogens (tertiary/aromatic N) is 2. The van der Waals surface area contributed by atoms with Crippen molar-refractivity contribution in [2.75, 3.05) is 44.8 Å². The summed E-state index contributed by atoms with van der Waals surface area (Å²) in [7, 11) is 0. The summed E-state index contributed by atoms with van der Waals surface area (Å²) in [6.07, 6.45) is -0.0751. The second kappa shape index (κ2) is 10.6. The molecule has 2 aromatic rings. The summed E-state index contributed by atoms with van der Waals surface area (Å²) in [6.45, 7) is 4.60. The molecule has 3 aliphatic heterocycles. The lowest BCUT2D eigenvalue weighted by molar-refractivity contribution is -0.136. The van der Waals surface area contributed by atoms with Crippen LogP contribution in [0.1, 0.15) is 35.7 Å². The molecular formula is C26H29FN4O5. The van der Waals surface area contributed by atoms with E-state index in [1.54, 1.807) is 30.3 Å². The number of morpholine rings is 1. The molecule has 5 rings (SSSR count). The largest absolute Gasteiger partial charge is 0.492 e. The highest BCUT2D eigenvalue weighted by molar-refractivity contribution is 6.06. The van der Waals surface area contributed by atoms with Gasteiger partial charge in [-0.3, -0.25) is 24.6 Å². The van der Waals surface area contributed by atoms with Crippen LogP contribution in [0, 0.1) is 5.82 Å². The zero-order chi connectivity index (χ0) is 26.0. The van der Waals surface area contributed by atoms with Crippen molar-refractivity contribution in [1.82, 2.24) is 15.1 Å². The van der Waals surface area contributed by atoms with E-state index >= 15 is 0 Å². The second-order valence-electron chi connectivity index (χ2n) is 8.96. The van der Waals surface area contributed by atoms with Crippen molar-refractivity contribution < 1.29 is 29.6 Å². The first-order valence-electron chi connectivity index (χ1n) is 12.6. The number of anilines is 1. The van der Waals surface area contributed by atoms with Crippen LogP contribution in [0.15, 0.2) is 36.4 Å². The van der Waals surface area contributed by atoms with E-state index in [9.17, 15) is 18.8 Å². The van der Waals surface area contributed by atoms with Gasteiger partial charge in [-0.25, -0.2) is 4.39 Å². The molecule has 1 atom stereocenters. The fraction of sp³-hybridized carbons (Fsp3) is 0.423. The van der Waals surface area contributed by atoms with E-state index < -0.39 is 23.7 Å². The summed E-state index contributed by atoms with van der Waals surface area (Å²) in [5, 5.41) is 5.36. The molecule has 0 bridgehead atoms. The van der Waals surface area contributed by atoms with Crippen molar-refractivity contribution in [3.05, 3.63) is 58.9 Å². The van der Waals surface area contributed by atoms with Gasteiger partial charge in [0.05, 0.1) is 14.6 Å². The van der Waals surface area contributed by atoms with Gasteiger partial charge in [-0.05, 0) is 36.8 Å². The SMILES string of the molecule is [2H]C1(N2Cc3c(NCc4cc(OCCN5CCOCC5)ccc4F)cccc3C2=O)CCC(=O)NC1=O. The summed E-state index contributed by atoms with van der Waals surface area (Å²) in [5.41, 5.74) is 2.02. The van der Waals surface area contributed by atoms with Gasteiger partial charge >= 0.3 is 0 Å². The minimum atomic E-state index is -1.86. The standard InChI is InChI=1S/C26H29FN4O5/c27-21-5-4-18(36-13-10-30-8-11-35-12-9-30)14-17(21)15-28-22-3-1-2-19-20(22)16-31(26(19)34)23-6-7-24(32)29-25(23)33/h1-5,14,23,28H,6-13,15-16H2,(H,29,32,33)/i23D. The highest BCUT2D eigenvalue weighted by Crippen LogP contribution is 2.32. The van der Waals surface area contributed by atoms with Crippen LogP contribution in [0.2, 0.25) is 0 Å². The summed E-state index contributed by atoms with van der Waals surface area (Å²) < 4.78 is 34.4. The maximum Gasteiger partial charge on any atom is 0.255 e. The van der Waals surface area contributed by atoms with Crippen molar-refractivity contribution in [3.63, 3.8) is 0 Å². The molecule has 0 saturated carbocycles. The van der Waals surface area contributed by atoms with Gasteiger partial charge in [-0.15, -0.1) is 0 Å². The molecule has 0 aliphatic carbocycles. The Hall–Kier alpha value is -3.50. The molecule has 3 heterocycles. The van der Waals surface area contributed by atoms with Gasteiger partial charge in [-0.1, -0.05) is 6.07 Å². The average molecular weight is 498 g/mol. The van der Waals surface area contributed by atoms with Crippen LogP contribution in [0.3, 0.4) is 0 Å². The van der Waals surface area contributed by atoms with Gasteiger partial charge in [0.2, 0.25) is 11.8 Å². The van der Waals surface area contributed by atoms with E-state index in [0.29, 0.717) is 47.9 Å². The number of nitrogens with one attached hydrogen (secondary N) is 2. The van der Waals surface area contributed by atoms with Gasteiger partial charge in [0.15, 0.2) is 0 Å². The predicted molar refractivity (Wildman–Crippen MR) is 129 cm³/mol. The van der Waals surface area contributed by atoms with E-state index in [4.69, 9.17) is 10.8 Å². The average Bonchev–Trinajstić information content (AvgIpc) is 3.25. The van der Waals surface area contributed by atoms with E-state index in [1.807, 2.05) is 0 Å². The van der Waals surface area contributed by atoms with Crippen LogP contribution in [-0.4, -0.2) is 73.0 Å². The smallest absolute Gasteiger partial charge is 0.255 e. The Morgan fingerprint density at radius 2 is 2.03 bits per heavy atom. The van der Waals surface area contributed by atoms with E-state index in [1.165, 1.54) is 11.0 Å². The van der Waals surface area contributed by atoms with Gasteiger partial charge in [0, 0.05) is 61.5 Å². The maximum atomic E-state index is 14.6. The molecular weight excluding hydrogens is 467 g/mol. The first-order valence-corrected chi connectivity index (χ1v) is 12.1. The maximum absolute atomic E-state index is 14.6. The molecule has 1 unspecified atom stereocenters. The minimum absolute atomic E-state index is 0.00932. The lowest BCUT2D eigenvalue weighted by Crippen LogP contribution is -2.52. The molecule has 3 amide bonds. The Balaban J connectivity index is 1.25. The number of halogens is 1. The van der Waals surface area contributed by atoms with Crippen LogP contribution < -0.4 is 15.4 Å². The lowest BCUT2D eigenvalue weighted by atomic mass is 10.0. The van der Waals surface area contributed by atoms with Crippen LogP contribution in [-0.2, 0) is 27.4 Å². The molecule has 3 aliphatic rings. The number of ether oxygens (including phenoxy) is 2. The number of imide groups is 1. The molecule has 0 radical (unpaired) electrons. The summed E-state index contributed by atoms with van der Waals surface area (Å²) in [6, 6.07) is 7.88. The summed E-state index contributed by atoms with van der Waals surface area (Å²) in [5.74, 6) is -1.51. The Kier molecular flexibility index (Phi) is 6.77. The zero-order valence-electron chi connectivity index (χ0n) is 20.8. The Morgan fingerprint density at radius 1 is 1.19 bits per heavy atom. The monoisotopic (exact) mass is 497 g/mol. The number of hydrogen-bond acceptors (Lipinski definition) is 7. The van der Waals surface area contributed by atoms with E-state index in [2.05, 4.69) is 15.5 Å². The molecule has 9 nitrogen and oxygen atoms in total. The predicted octanol–water partition coefficient (Wildman–Crippen LogP) is 1.91. The second-order valence-corrected chi connectivity index (χ2v) is 8.96. The number of rotatable bonds is 8. The normalized spacial score (nSPS) is 22.8. The quantitative estimate of drug-likeness (QED) is 0.538. The van der Waals surface area contributed by atoms with Crippen LogP contribution in [0.4, 0.5) is 10.1 Å². The van der Waals surface area contributed by atoms with Crippen LogP contribution >= 0.6 is 0 Å². The first kappa shape index (κ1) is 22.9. The number of hydrogen-bond donors (Lipinski definition) is 2. The Bertz CT molecular complexity index is 1220. The highest BCUT2D eigenvalue weighted by atomic mass is 19.1. The fourth-order valence-corrected chi connectivity index (χ4v) is 4.66. The molecule has 2 saturated heterocycles. The zero-order valence-corrected chi connectivity index (χ0v) is 19.8. The summed E-state index contributed by atoms with van der Waals surface area (Å²) in [4.78, 5) is 40.5. The molecule has 2 fully saturated rings. The molecule has 36 heavy (non-hydrogen) atoms. The Labute approximate surface area is 209 Å². The van der Waals surface area contributed by atoms with Gasteiger partial charge in [0.25, 0.3) is 5.91 Å². The van der Waals surface area contributed by atoms with E-state index in [0.717, 1.165) is 19.6 Å². The van der Waals surface area contributed by atoms with Crippen LogP contribution in [0.5, 0.6) is 5.75 Å². The number of amides is 3. The van der Waals surface area contributed by atoms with Crippen molar-refractivity contribution in [2.24, 2.45) is 0 Å². The third-order valence-electron chi connectivity index (χ3n) is 6.66. The third-order valence-corrected chi connectivity index (χ3v) is 6.66. The number of carbonyl (C=O) groups is 3. The molecule has 2 aromatic carbocycles. The highest BCUT2D eigenvalue weighted by Gasteiger charge is 2.39. The number of fused-ring (bicyclic) bond motifs is 1. The topological polar surface area (TPSA) is 100 Å². The Morgan fingerprint density at radius 3 is 2.83 bits per heavy atom. The van der Waals surface area contributed by atoms with Crippen molar-refractivity contribution in [1.29, 1.82) is 0 Å². The lowest BCUT2D eigenvalue weighted by Gasteiger charge is -2.29. The van der Waals surface area contributed by atoms with Gasteiger partial charge < -0.3 is 19.7 Å². The molecule has 190 valence electrons. The van der Waals surface area contributed by atoms with E-state index in [-0.39, 0.29) is 31.7 Å². The van der Waals surface area contributed by atoms with Crippen molar-refractivity contribution >= 4 is 23.4 Å². The summed E-state index contributed by atoms with van der Waals surface area (Å²) >= 11 is 0. The van der Waals surface area contributed by atoms with Crippen LogP contribution in [0.25, 0.3) is 0 Å². The fourth-order valence-electron chi connectivity index (χ4n) is 4.66. The van der Waals surface area contributed by atoms with Crippen molar-refractivity contribution in [2.45, 2.75) is 31.9 Å². The first-order chi connectivity index (χ1) is 17.8.